The summed E-state index contributed by atoms with van der Waals surface area (Å²) in [5.74, 6) is 3.02. The highest BCUT2D eigenvalue weighted by atomic mass is 16.5. The first-order chi connectivity index (χ1) is 30.4. The van der Waals surface area contributed by atoms with Crippen molar-refractivity contribution in [2.24, 2.45) is 17.8 Å². The van der Waals surface area contributed by atoms with E-state index in [0.717, 1.165) is 63.0 Å². The van der Waals surface area contributed by atoms with Crippen LogP contribution in [-0.4, -0.2) is 93.7 Å². The Morgan fingerprint density at radius 1 is 0.825 bits per heavy atom. The van der Waals surface area contributed by atoms with Crippen molar-refractivity contribution in [1.29, 1.82) is 0 Å². The number of likely N-dealkylation sites (tertiary alicyclic amines) is 2. The van der Waals surface area contributed by atoms with Crippen molar-refractivity contribution >= 4 is 29.6 Å². The van der Waals surface area contributed by atoms with Crippen LogP contribution in [0.1, 0.15) is 105 Å². The Kier molecular flexibility index (Phi) is 11.2. The zero-order valence-corrected chi connectivity index (χ0v) is 36.4. The number of alkyl carbamates (subject to hydrolysis) is 2. The fourth-order valence-corrected chi connectivity index (χ4v) is 9.89. The molecule has 4 N–H and O–H groups in total. The lowest BCUT2D eigenvalue weighted by atomic mass is 9.80. The van der Waals surface area contributed by atoms with Gasteiger partial charge in [0.05, 0.1) is 38.2 Å². The smallest absolute Gasteiger partial charge is 0.407 e. The third kappa shape index (κ3) is 7.91. The fourth-order valence-electron chi connectivity index (χ4n) is 9.89. The Hall–Kier alpha value is -6.58. The topological polar surface area (TPSA) is 193 Å². The number of amides is 4. The van der Waals surface area contributed by atoms with E-state index in [0.29, 0.717) is 50.5 Å². The van der Waals surface area contributed by atoms with Gasteiger partial charge in [0, 0.05) is 59.6 Å². The Labute approximate surface area is 365 Å². The van der Waals surface area contributed by atoms with Gasteiger partial charge in [0.1, 0.15) is 48.5 Å². The molecule has 9 rings (SSSR count). The van der Waals surface area contributed by atoms with Gasteiger partial charge in [-0.2, -0.15) is 0 Å². The van der Waals surface area contributed by atoms with Gasteiger partial charge in [-0.05, 0) is 53.9 Å². The average Bonchev–Trinajstić information content (AvgIpc) is 4.13. The second-order valence-electron chi connectivity index (χ2n) is 17.8. The molecule has 2 saturated heterocycles. The number of hydrogen-bond acceptors (Lipinski definition) is 10. The summed E-state index contributed by atoms with van der Waals surface area (Å²) in [6.45, 7) is 9.87. The number of benzene rings is 2. The number of ether oxygens (including phenoxy) is 4. The van der Waals surface area contributed by atoms with Gasteiger partial charge < -0.3 is 49.3 Å². The molecule has 5 aliphatic rings. The van der Waals surface area contributed by atoms with Crippen molar-refractivity contribution in [1.82, 2.24) is 40.4 Å². The number of carbonyl (C=O) groups is 4. The number of methoxy groups -OCH3 is 2. The predicted octanol–water partition coefficient (Wildman–Crippen LogP) is 6.84. The first-order valence-corrected chi connectivity index (χ1v) is 21.7. The summed E-state index contributed by atoms with van der Waals surface area (Å²) in [6, 6.07) is 11.1. The molecule has 7 atom stereocenters. The normalized spacial score (nSPS) is 23.3. The highest BCUT2D eigenvalue weighted by Crippen LogP contribution is 2.51. The van der Waals surface area contributed by atoms with E-state index in [-0.39, 0.29) is 47.6 Å². The maximum absolute atomic E-state index is 14.2. The molecule has 0 bridgehead atoms. The van der Waals surface area contributed by atoms with Crippen LogP contribution < -0.4 is 15.4 Å². The lowest BCUT2D eigenvalue weighted by Gasteiger charge is -2.35. The van der Waals surface area contributed by atoms with Crippen LogP contribution in [0.2, 0.25) is 0 Å². The number of H-pyrrole nitrogens is 2. The van der Waals surface area contributed by atoms with E-state index in [9.17, 15) is 19.2 Å². The summed E-state index contributed by atoms with van der Waals surface area (Å²) in [6.07, 6.45) is 6.69. The van der Waals surface area contributed by atoms with Crippen LogP contribution in [0.5, 0.6) is 5.75 Å². The number of hydrogen-bond donors (Lipinski definition) is 4. The fraction of sp³-hybridized carbons (Fsp3) is 0.447. The first kappa shape index (κ1) is 41.8. The number of imidazole rings is 2. The molecule has 1 unspecified atom stereocenters. The van der Waals surface area contributed by atoms with Gasteiger partial charge in [0.25, 0.3) is 5.91 Å². The van der Waals surface area contributed by atoms with Gasteiger partial charge in [0.2, 0.25) is 5.91 Å². The molecule has 330 valence electrons. The molecule has 0 radical (unpaired) electrons. The van der Waals surface area contributed by atoms with Crippen molar-refractivity contribution in [3.63, 3.8) is 0 Å². The molecule has 4 amide bonds. The highest BCUT2D eigenvalue weighted by Gasteiger charge is 2.43. The number of carbonyl (C=O) groups excluding carboxylic acids is 4. The number of aromatic amines is 2. The number of allylic oxidation sites excluding steroid dienone is 2. The van der Waals surface area contributed by atoms with E-state index in [2.05, 4.69) is 46.6 Å². The molecule has 0 saturated carbocycles. The zero-order valence-electron chi connectivity index (χ0n) is 36.4. The number of nitrogens with one attached hydrogen (secondary N) is 4. The van der Waals surface area contributed by atoms with Gasteiger partial charge in [0.15, 0.2) is 0 Å². The van der Waals surface area contributed by atoms with Gasteiger partial charge >= 0.3 is 12.2 Å². The van der Waals surface area contributed by atoms with E-state index in [1.165, 1.54) is 14.2 Å². The maximum atomic E-state index is 14.2. The molecule has 2 aromatic carbocycles. The molecule has 6 heterocycles. The molecule has 2 fully saturated rings. The van der Waals surface area contributed by atoms with E-state index >= 15 is 0 Å². The molecular formula is C47H54N8O8. The van der Waals surface area contributed by atoms with Crippen LogP contribution in [0.4, 0.5) is 9.59 Å². The number of aromatic nitrogens is 4. The molecule has 16 nitrogen and oxygen atoms in total. The summed E-state index contributed by atoms with van der Waals surface area (Å²) >= 11 is 0. The third-order valence-corrected chi connectivity index (χ3v) is 13.0. The van der Waals surface area contributed by atoms with Crippen molar-refractivity contribution < 1.29 is 38.1 Å². The molecule has 63 heavy (non-hydrogen) atoms. The van der Waals surface area contributed by atoms with Gasteiger partial charge in [-0.15, -0.1) is 0 Å². The van der Waals surface area contributed by atoms with Crippen LogP contribution in [0.3, 0.4) is 0 Å². The Morgan fingerprint density at radius 3 is 2.19 bits per heavy atom. The minimum atomic E-state index is -0.914. The van der Waals surface area contributed by atoms with Gasteiger partial charge in [-0.25, -0.2) is 19.6 Å². The van der Waals surface area contributed by atoms with Crippen LogP contribution in [0.15, 0.2) is 72.3 Å². The van der Waals surface area contributed by atoms with Crippen molar-refractivity contribution in [2.75, 3.05) is 33.9 Å². The third-order valence-electron chi connectivity index (χ3n) is 13.0. The molecule has 16 heteroatoms. The van der Waals surface area contributed by atoms with Crippen LogP contribution >= 0.6 is 0 Å². The largest absolute Gasteiger partial charge is 0.493 e. The average molecular weight is 859 g/mol. The predicted molar refractivity (Wildman–Crippen MR) is 231 cm³/mol. The van der Waals surface area contributed by atoms with Crippen molar-refractivity contribution in [3.05, 3.63) is 106 Å². The Bertz CT molecular complexity index is 2490. The monoisotopic (exact) mass is 858 g/mol. The minimum absolute atomic E-state index is 0.0364. The summed E-state index contributed by atoms with van der Waals surface area (Å²) in [5.41, 5.74) is 7.48. The van der Waals surface area contributed by atoms with Crippen LogP contribution in [-0.2, 0) is 30.4 Å². The summed E-state index contributed by atoms with van der Waals surface area (Å²) in [4.78, 5) is 72.9. The molecule has 4 aliphatic heterocycles. The second-order valence-corrected chi connectivity index (χ2v) is 17.8. The van der Waals surface area contributed by atoms with Crippen LogP contribution in [0, 0.1) is 17.8 Å². The molecular weight excluding hydrogens is 805 g/mol. The summed E-state index contributed by atoms with van der Waals surface area (Å²) in [7, 11) is 2.57. The molecule has 0 spiro atoms. The summed E-state index contributed by atoms with van der Waals surface area (Å²) < 4.78 is 22.7. The Morgan fingerprint density at radius 2 is 1.49 bits per heavy atom. The molecule has 1 aliphatic carbocycles. The Balaban J connectivity index is 0.928. The number of nitrogens with zero attached hydrogens (tertiary/aromatic N) is 4. The lowest BCUT2D eigenvalue weighted by Crippen LogP contribution is -2.51. The zero-order chi connectivity index (χ0) is 44.1. The molecule has 2 aromatic heterocycles. The van der Waals surface area contributed by atoms with E-state index < -0.39 is 24.3 Å². The maximum Gasteiger partial charge on any atom is 0.407 e. The lowest BCUT2D eigenvalue weighted by molar-refractivity contribution is -0.136. The SMILES string of the molecule is COC(=O)N[C@H](C(=O)N1C[C@@H](C)C[C@H]1c1ncc(C2C=C3COc4cc(-c5cnc([C@@H]6C[C@H](C)CN6C(=O)[C@H](NC(=O)OC)c6ccccc6)[nH]5)cc5c4C3=C(C2)OC5)[nH]1)C(C)C. The van der Waals surface area contributed by atoms with Gasteiger partial charge in [-0.3, -0.25) is 9.59 Å². The van der Waals surface area contributed by atoms with E-state index in [4.69, 9.17) is 28.9 Å². The standard InChI is InChI=1S/C47H54N8O8/c1-24(2)40(52-46(58)60-5)44(56)54-20-25(3)12-34(54)42-48-18-32(50-42)28-14-30-22-63-37-17-29(15-31-23-62-36(16-28)38(30)39(31)37)33-19-49-43(51-33)35-13-26(4)21-55(35)45(57)41(53-47(59)61-6)27-10-8-7-9-11-27/h7-11,14-15,17-19,24-26,28,34-35,40-41H,12-13,16,20-23H2,1-6H3,(H,48,50)(H,49,51)(H,52,58)(H,53,59)/t25-,26-,28?,34-,35-,40-,41+/m0/s1. The quantitative estimate of drug-likeness (QED) is 0.131. The van der Waals surface area contributed by atoms with Crippen LogP contribution in [0.25, 0.3) is 16.8 Å². The number of rotatable bonds is 10. The highest BCUT2D eigenvalue weighted by molar-refractivity contribution is 5.91. The first-order valence-electron chi connectivity index (χ1n) is 21.7. The summed E-state index contributed by atoms with van der Waals surface area (Å²) in [5, 5.41) is 5.46. The van der Waals surface area contributed by atoms with E-state index in [1.807, 2.05) is 61.3 Å². The van der Waals surface area contributed by atoms with Crippen molar-refractivity contribution in [3.8, 4) is 17.0 Å². The molecule has 4 aromatic rings. The van der Waals surface area contributed by atoms with E-state index in [1.54, 1.807) is 11.1 Å². The van der Waals surface area contributed by atoms with Gasteiger partial charge in [-0.1, -0.05) is 64.1 Å². The minimum Gasteiger partial charge on any atom is -0.493 e. The van der Waals surface area contributed by atoms with Crippen molar-refractivity contribution in [2.45, 2.75) is 83.6 Å². The second kappa shape index (κ2) is 16.9.